The molecule has 0 unspecified atom stereocenters. The van der Waals surface area contributed by atoms with E-state index < -0.39 is 12.1 Å². The summed E-state index contributed by atoms with van der Waals surface area (Å²) in [6.45, 7) is 1.53. The van der Waals surface area contributed by atoms with Gasteiger partial charge in [0.15, 0.2) is 12.7 Å². The molecule has 138 valence electrons. The molecule has 3 aromatic rings. The van der Waals surface area contributed by atoms with Crippen LogP contribution in [0.25, 0.3) is 11.5 Å². The zero-order valence-electron chi connectivity index (χ0n) is 15.1. The fourth-order valence-electron chi connectivity index (χ4n) is 3.16. The molecule has 1 aliphatic carbocycles. The topological polar surface area (TPSA) is 74.5 Å². The Labute approximate surface area is 157 Å². The van der Waals surface area contributed by atoms with Gasteiger partial charge in [-0.3, -0.25) is 0 Å². The van der Waals surface area contributed by atoms with Crippen LogP contribution in [0.5, 0.6) is 5.75 Å². The monoisotopic (exact) mass is 364 g/mol. The third-order valence-corrected chi connectivity index (χ3v) is 4.54. The first-order chi connectivity index (χ1) is 13.2. The molecule has 4 rings (SSSR count). The molecule has 1 aromatic heterocycles. The fourth-order valence-corrected chi connectivity index (χ4v) is 3.16. The van der Waals surface area contributed by atoms with Crippen molar-refractivity contribution in [3.8, 4) is 17.2 Å². The number of rotatable bonds is 6. The van der Waals surface area contributed by atoms with E-state index in [1.807, 2.05) is 42.5 Å². The van der Waals surface area contributed by atoms with Crippen molar-refractivity contribution in [2.24, 2.45) is 0 Å². The number of nitrogens with zero attached hydrogens (tertiary/aromatic N) is 2. The lowest BCUT2D eigenvalue weighted by atomic mass is 10.1. The van der Waals surface area contributed by atoms with Gasteiger partial charge < -0.3 is 13.9 Å². The minimum absolute atomic E-state index is 0.164. The Morgan fingerprint density at radius 1 is 1.11 bits per heavy atom. The van der Waals surface area contributed by atoms with Gasteiger partial charge >= 0.3 is 5.97 Å². The van der Waals surface area contributed by atoms with Crippen LogP contribution < -0.4 is 4.74 Å². The van der Waals surface area contributed by atoms with Crippen molar-refractivity contribution >= 4 is 5.97 Å². The summed E-state index contributed by atoms with van der Waals surface area (Å²) in [5, 5.41) is 7.97. The zero-order valence-corrected chi connectivity index (χ0v) is 15.1. The first-order valence-corrected chi connectivity index (χ1v) is 9.02. The fraction of sp³-hybridized carbons (Fsp3) is 0.286. The van der Waals surface area contributed by atoms with E-state index >= 15 is 0 Å². The minimum Gasteiger partial charge on any atom is -0.482 e. The Kier molecular flexibility index (Phi) is 4.87. The summed E-state index contributed by atoms with van der Waals surface area (Å²) < 4.78 is 16.5. The molecular formula is C21H20N2O4. The summed E-state index contributed by atoms with van der Waals surface area (Å²) in [6, 6.07) is 15.4. The number of hydrogen-bond donors (Lipinski definition) is 0. The van der Waals surface area contributed by atoms with Crippen LogP contribution in [0.1, 0.15) is 36.5 Å². The number of carbonyl (C=O) groups excluding carboxylic acids is 1. The minimum atomic E-state index is -0.647. The van der Waals surface area contributed by atoms with E-state index in [0.717, 1.165) is 18.4 Å². The summed E-state index contributed by atoms with van der Waals surface area (Å²) in [5.74, 6) is 0.842. The number of aryl methyl sites for hydroxylation is 2. The molecule has 0 spiro atoms. The number of esters is 1. The normalized spacial score (nSPS) is 13.8. The van der Waals surface area contributed by atoms with Crippen LogP contribution in [-0.2, 0) is 22.4 Å². The molecule has 0 radical (unpaired) electrons. The van der Waals surface area contributed by atoms with Crippen LogP contribution in [-0.4, -0.2) is 22.8 Å². The van der Waals surface area contributed by atoms with Gasteiger partial charge in [0.25, 0.3) is 5.89 Å². The third kappa shape index (κ3) is 4.00. The maximum atomic E-state index is 12.1. The largest absolute Gasteiger partial charge is 0.482 e. The lowest BCUT2D eigenvalue weighted by molar-refractivity contribution is -0.152. The SMILES string of the molecule is C[C@@H](OC(=O)COc1ccc2c(c1)CCC2)c1nnc(-c2ccccc2)o1. The first kappa shape index (κ1) is 17.3. The van der Waals surface area contributed by atoms with E-state index in [0.29, 0.717) is 11.6 Å². The second-order valence-corrected chi connectivity index (χ2v) is 6.52. The standard InChI is InChI=1S/C21H20N2O4/c1-14(20-22-23-21(27-20)16-6-3-2-4-7-16)26-19(24)13-25-18-11-10-15-8-5-9-17(15)12-18/h2-4,6-7,10-12,14H,5,8-9,13H2,1H3/t14-/m1/s1. The van der Waals surface area contributed by atoms with E-state index in [9.17, 15) is 4.79 Å². The highest BCUT2D eigenvalue weighted by Crippen LogP contribution is 2.26. The molecule has 0 saturated heterocycles. The molecule has 6 heteroatoms. The summed E-state index contributed by atoms with van der Waals surface area (Å²) >= 11 is 0. The second-order valence-electron chi connectivity index (χ2n) is 6.52. The van der Waals surface area contributed by atoms with Crippen LogP contribution in [0.4, 0.5) is 0 Å². The van der Waals surface area contributed by atoms with Gasteiger partial charge in [-0.15, -0.1) is 10.2 Å². The second kappa shape index (κ2) is 7.61. The van der Waals surface area contributed by atoms with E-state index in [-0.39, 0.29) is 12.5 Å². The molecule has 0 saturated carbocycles. The summed E-state index contributed by atoms with van der Waals surface area (Å²) in [5.41, 5.74) is 3.48. The lowest BCUT2D eigenvalue weighted by Gasteiger charge is -2.11. The number of benzene rings is 2. The Bertz CT molecular complexity index is 936. The molecule has 1 aliphatic rings. The van der Waals surface area contributed by atoms with E-state index in [4.69, 9.17) is 13.9 Å². The van der Waals surface area contributed by atoms with Crippen LogP contribution in [0.2, 0.25) is 0 Å². The van der Waals surface area contributed by atoms with Gasteiger partial charge in [-0.2, -0.15) is 0 Å². The number of ether oxygens (including phenoxy) is 2. The van der Waals surface area contributed by atoms with Crippen LogP contribution in [0.3, 0.4) is 0 Å². The van der Waals surface area contributed by atoms with E-state index in [1.165, 1.54) is 17.5 Å². The molecule has 2 aromatic carbocycles. The van der Waals surface area contributed by atoms with Gasteiger partial charge in [0.2, 0.25) is 5.89 Å². The lowest BCUT2D eigenvalue weighted by Crippen LogP contribution is -2.17. The smallest absolute Gasteiger partial charge is 0.344 e. The molecule has 0 N–H and O–H groups in total. The van der Waals surface area contributed by atoms with Crippen molar-refractivity contribution in [3.63, 3.8) is 0 Å². The van der Waals surface area contributed by atoms with Crippen LogP contribution in [0.15, 0.2) is 52.9 Å². The van der Waals surface area contributed by atoms with Gasteiger partial charge in [0.05, 0.1) is 0 Å². The molecule has 0 aliphatic heterocycles. The van der Waals surface area contributed by atoms with Crippen molar-refractivity contribution in [2.45, 2.75) is 32.3 Å². The number of hydrogen-bond acceptors (Lipinski definition) is 6. The van der Waals surface area contributed by atoms with Crippen molar-refractivity contribution in [1.29, 1.82) is 0 Å². The van der Waals surface area contributed by atoms with Crippen LogP contribution >= 0.6 is 0 Å². The maximum Gasteiger partial charge on any atom is 0.344 e. The number of carbonyl (C=O) groups is 1. The quantitative estimate of drug-likeness (QED) is 0.618. The highest BCUT2D eigenvalue weighted by molar-refractivity contribution is 5.71. The zero-order chi connectivity index (χ0) is 18.6. The van der Waals surface area contributed by atoms with Crippen LogP contribution in [0, 0.1) is 0 Å². The first-order valence-electron chi connectivity index (χ1n) is 9.02. The van der Waals surface area contributed by atoms with Gasteiger partial charge in [-0.25, -0.2) is 4.79 Å². The van der Waals surface area contributed by atoms with Crippen molar-refractivity contribution < 1.29 is 18.7 Å². The van der Waals surface area contributed by atoms with Gasteiger partial charge in [-0.05, 0) is 61.6 Å². The predicted octanol–water partition coefficient (Wildman–Crippen LogP) is 3.91. The molecule has 0 bridgehead atoms. The average Bonchev–Trinajstić information content (AvgIpc) is 3.36. The average molecular weight is 364 g/mol. The highest BCUT2D eigenvalue weighted by Gasteiger charge is 2.19. The van der Waals surface area contributed by atoms with Crippen molar-refractivity contribution in [1.82, 2.24) is 10.2 Å². The molecule has 0 amide bonds. The van der Waals surface area contributed by atoms with Crippen molar-refractivity contribution in [2.75, 3.05) is 6.61 Å². The van der Waals surface area contributed by atoms with Crippen molar-refractivity contribution in [3.05, 3.63) is 65.5 Å². The molecular weight excluding hydrogens is 344 g/mol. The highest BCUT2D eigenvalue weighted by atomic mass is 16.6. The van der Waals surface area contributed by atoms with E-state index in [2.05, 4.69) is 16.3 Å². The summed E-state index contributed by atoms with van der Waals surface area (Å²) in [6.07, 6.45) is 2.71. The van der Waals surface area contributed by atoms with E-state index in [1.54, 1.807) is 6.92 Å². The molecule has 27 heavy (non-hydrogen) atoms. The maximum absolute atomic E-state index is 12.1. The predicted molar refractivity (Wildman–Crippen MR) is 98.2 cm³/mol. The molecule has 1 atom stereocenters. The Morgan fingerprint density at radius 2 is 1.93 bits per heavy atom. The number of fused-ring (bicyclic) bond motifs is 1. The Morgan fingerprint density at radius 3 is 2.78 bits per heavy atom. The third-order valence-electron chi connectivity index (χ3n) is 4.54. The summed E-state index contributed by atoms with van der Waals surface area (Å²) in [4.78, 5) is 12.1. The molecule has 6 nitrogen and oxygen atoms in total. The van der Waals surface area contributed by atoms with Gasteiger partial charge in [0, 0.05) is 5.56 Å². The Hall–Kier alpha value is -3.15. The molecule has 0 fully saturated rings. The van der Waals surface area contributed by atoms with Gasteiger partial charge in [-0.1, -0.05) is 24.3 Å². The Balaban J connectivity index is 1.32. The number of aromatic nitrogens is 2. The summed E-state index contributed by atoms with van der Waals surface area (Å²) in [7, 11) is 0. The van der Waals surface area contributed by atoms with Gasteiger partial charge in [0.1, 0.15) is 5.75 Å². The molecule has 1 heterocycles.